The summed E-state index contributed by atoms with van der Waals surface area (Å²) in [7, 11) is 0. The number of carbonyl (C=O) groups is 1. The molecule has 0 saturated carbocycles. The van der Waals surface area contributed by atoms with Crippen molar-refractivity contribution in [3.8, 4) is 11.5 Å². The van der Waals surface area contributed by atoms with Crippen molar-refractivity contribution in [3.05, 3.63) is 53.6 Å². The average molecular weight is 350 g/mol. The minimum absolute atomic E-state index is 0.109. The van der Waals surface area contributed by atoms with Crippen molar-refractivity contribution in [2.45, 2.75) is 12.5 Å². The monoisotopic (exact) mass is 350 g/mol. The van der Waals surface area contributed by atoms with Crippen molar-refractivity contribution >= 4 is 11.7 Å². The lowest BCUT2D eigenvalue weighted by Crippen LogP contribution is -2.31. The number of halogens is 2. The van der Waals surface area contributed by atoms with Crippen LogP contribution >= 0.6 is 0 Å². The molecule has 0 spiro atoms. The highest BCUT2D eigenvalue weighted by atomic mass is 19.1. The number of ether oxygens (including phenoxy) is 2. The predicted octanol–water partition coefficient (Wildman–Crippen LogP) is 2.94. The largest absolute Gasteiger partial charge is 0.454 e. The maximum Gasteiger partial charge on any atom is 0.319 e. The molecule has 132 valence electrons. The van der Waals surface area contributed by atoms with Crippen LogP contribution in [0.2, 0.25) is 0 Å². The van der Waals surface area contributed by atoms with Gasteiger partial charge < -0.3 is 25.2 Å². The van der Waals surface area contributed by atoms with E-state index in [0.29, 0.717) is 17.1 Å². The van der Waals surface area contributed by atoms with Gasteiger partial charge in [-0.3, -0.25) is 0 Å². The Bertz CT molecular complexity index is 765. The number of rotatable bonds is 5. The molecule has 3 rings (SSSR count). The zero-order valence-electron chi connectivity index (χ0n) is 13.1. The van der Waals surface area contributed by atoms with Gasteiger partial charge in [-0.1, -0.05) is 12.1 Å². The third-order valence-corrected chi connectivity index (χ3v) is 3.69. The molecule has 25 heavy (non-hydrogen) atoms. The molecule has 1 unspecified atom stereocenters. The van der Waals surface area contributed by atoms with E-state index in [2.05, 4.69) is 10.6 Å². The number of nitrogens with one attached hydrogen (secondary N) is 2. The molecule has 1 aliphatic rings. The molecule has 1 atom stereocenters. The third kappa shape index (κ3) is 3.97. The van der Waals surface area contributed by atoms with Crippen LogP contribution in [0.4, 0.5) is 19.3 Å². The van der Waals surface area contributed by atoms with Crippen molar-refractivity contribution in [2.75, 3.05) is 18.7 Å². The Kier molecular flexibility index (Phi) is 4.99. The van der Waals surface area contributed by atoms with Crippen molar-refractivity contribution in [3.63, 3.8) is 0 Å². The quantitative estimate of drug-likeness (QED) is 0.775. The molecule has 8 heteroatoms. The van der Waals surface area contributed by atoms with Gasteiger partial charge in [0, 0.05) is 6.54 Å². The Hall–Kier alpha value is -2.87. The molecular formula is C17H16F2N2O4. The number of carbonyl (C=O) groups excluding carboxylic acids is 1. The Labute approximate surface area is 142 Å². The number of aliphatic hydroxyl groups excluding tert-OH is 1. The first-order valence-electron chi connectivity index (χ1n) is 7.61. The van der Waals surface area contributed by atoms with Gasteiger partial charge in [-0.05, 0) is 36.2 Å². The number of fused-ring (bicyclic) bond motifs is 1. The van der Waals surface area contributed by atoms with Gasteiger partial charge in [0.1, 0.15) is 17.3 Å². The summed E-state index contributed by atoms with van der Waals surface area (Å²) in [6.07, 6.45) is -0.618. The van der Waals surface area contributed by atoms with E-state index >= 15 is 0 Å². The van der Waals surface area contributed by atoms with Crippen LogP contribution in [0.25, 0.3) is 0 Å². The standard InChI is InChI=1S/C17H16F2N2O4/c18-11-2-1-3-12(19)16(11)21-17(23)20-7-6-13(22)10-4-5-14-15(8-10)25-9-24-14/h1-5,8,13,22H,6-7,9H2,(H2,20,21,23). The SMILES string of the molecule is O=C(NCCC(O)c1ccc2c(c1)OCO2)Nc1c(F)cccc1F. The van der Waals surface area contributed by atoms with Crippen molar-refractivity contribution in [1.29, 1.82) is 0 Å². The molecule has 0 bridgehead atoms. The van der Waals surface area contributed by atoms with Gasteiger partial charge in [0.05, 0.1) is 6.10 Å². The van der Waals surface area contributed by atoms with Crippen LogP contribution < -0.4 is 20.1 Å². The Balaban J connectivity index is 1.50. The van der Waals surface area contributed by atoms with Crippen LogP contribution in [-0.2, 0) is 0 Å². The molecule has 2 aromatic carbocycles. The van der Waals surface area contributed by atoms with Gasteiger partial charge in [-0.2, -0.15) is 0 Å². The topological polar surface area (TPSA) is 79.8 Å². The highest BCUT2D eigenvalue weighted by Gasteiger charge is 2.17. The number of benzene rings is 2. The molecule has 0 fully saturated rings. The summed E-state index contributed by atoms with van der Waals surface area (Å²) >= 11 is 0. The lowest BCUT2D eigenvalue weighted by atomic mass is 10.1. The molecular weight excluding hydrogens is 334 g/mol. The van der Waals surface area contributed by atoms with E-state index < -0.39 is 29.5 Å². The van der Waals surface area contributed by atoms with E-state index in [1.165, 1.54) is 6.07 Å². The Morgan fingerprint density at radius 2 is 1.88 bits per heavy atom. The van der Waals surface area contributed by atoms with Crippen LogP contribution in [-0.4, -0.2) is 24.5 Å². The van der Waals surface area contributed by atoms with Crippen LogP contribution in [0.15, 0.2) is 36.4 Å². The van der Waals surface area contributed by atoms with E-state index in [9.17, 15) is 18.7 Å². The van der Waals surface area contributed by atoms with Gasteiger partial charge in [0.2, 0.25) is 6.79 Å². The van der Waals surface area contributed by atoms with Gasteiger partial charge >= 0.3 is 6.03 Å². The Morgan fingerprint density at radius 1 is 1.16 bits per heavy atom. The molecule has 0 aliphatic carbocycles. The van der Waals surface area contributed by atoms with E-state index in [-0.39, 0.29) is 19.8 Å². The lowest BCUT2D eigenvalue weighted by Gasteiger charge is -2.13. The van der Waals surface area contributed by atoms with Crippen molar-refractivity contribution < 1.29 is 28.2 Å². The maximum absolute atomic E-state index is 13.4. The highest BCUT2D eigenvalue weighted by molar-refractivity contribution is 5.89. The summed E-state index contributed by atoms with van der Waals surface area (Å²) < 4.78 is 37.3. The van der Waals surface area contributed by atoms with Crippen LogP contribution in [0.3, 0.4) is 0 Å². The first-order chi connectivity index (χ1) is 12.0. The number of urea groups is 1. The summed E-state index contributed by atoms with van der Waals surface area (Å²) in [4.78, 5) is 11.7. The maximum atomic E-state index is 13.4. The summed E-state index contributed by atoms with van der Waals surface area (Å²) in [5.74, 6) is -0.566. The van der Waals surface area contributed by atoms with E-state index in [1.54, 1.807) is 18.2 Å². The predicted molar refractivity (Wildman–Crippen MR) is 85.5 cm³/mol. The molecule has 0 radical (unpaired) electrons. The fourth-order valence-corrected chi connectivity index (χ4v) is 2.38. The smallest absolute Gasteiger partial charge is 0.319 e. The van der Waals surface area contributed by atoms with E-state index in [1.807, 2.05) is 0 Å². The number of amides is 2. The van der Waals surface area contributed by atoms with E-state index in [0.717, 1.165) is 12.1 Å². The van der Waals surface area contributed by atoms with Crippen LogP contribution in [0, 0.1) is 11.6 Å². The van der Waals surface area contributed by atoms with Crippen molar-refractivity contribution in [2.24, 2.45) is 0 Å². The zero-order chi connectivity index (χ0) is 17.8. The molecule has 3 N–H and O–H groups in total. The Morgan fingerprint density at radius 3 is 2.64 bits per heavy atom. The molecule has 0 saturated heterocycles. The molecule has 0 aromatic heterocycles. The number of aliphatic hydroxyl groups is 1. The summed E-state index contributed by atoms with van der Waals surface area (Å²) in [5.41, 5.74) is 0.0999. The highest BCUT2D eigenvalue weighted by Crippen LogP contribution is 2.34. The van der Waals surface area contributed by atoms with E-state index in [4.69, 9.17) is 9.47 Å². The second-order valence-corrected chi connectivity index (χ2v) is 5.39. The van der Waals surface area contributed by atoms with Gasteiger partial charge in [0.15, 0.2) is 11.5 Å². The van der Waals surface area contributed by atoms with Crippen LogP contribution in [0.5, 0.6) is 11.5 Å². The van der Waals surface area contributed by atoms with Gasteiger partial charge in [-0.15, -0.1) is 0 Å². The van der Waals surface area contributed by atoms with Crippen LogP contribution in [0.1, 0.15) is 18.1 Å². The second-order valence-electron chi connectivity index (χ2n) is 5.39. The summed E-state index contributed by atoms with van der Waals surface area (Å²) in [6, 6.07) is 7.60. The minimum atomic E-state index is -0.865. The normalized spacial score (nSPS) is 13.4. The summed E-state index contributed by atoms with van der Waals surface area (Å²) in [6.45, 7) is 0.251. The number of anilines is 1. The molecule has 1 heterocycles. The third-order valence-electron chi connectivity index (χ3n) is 3.69. The van der Waals surface area contributed by atoms with Gasteiger partial charge in [0.25, 0.3) is 0 Å². The van der Waals surface area contributed by atoms with Crippen molar-refractivity contribution in [1.82, 2.24) is 5.32 Å². The minimum Gasteiger partial charge on any atom is -0.454 e. The zero-order valence-corrected chi connectivity index (χ0v) is 13.1. The first-order valence-corrected chi connectivity index (χ1v) is 7.61. The lowest BCUT2D eigenvalue weighted by molar-refractivity contribution is 0.165. The van der Waals surface area contributed by atoms with Gasteiger partial charge in [-0.25, -0.2) is 13.6 Å². The fourth-order valence-electron chi connectivity index (χ4n) is 2.38. The fraction of sp³-hybridized carbons (Fsp3) is 0.235. The number of para-hydroxylation sites is 1. The molecule has 2 aromatic rings. The molecule has 2 amide bonds. The number of hydrogen-bond acceptors (Lipinski definition) is 4. The molecule has 6 nitrogen and oxygen atoms in total. The first kappa shape index (κ1) is 17.0. The average Bonchev–Trinajstić information content (AvgIpc) is 3.06. The summed E-state index contributed by atoms with van der Waals surface area (Å²) in [5, 5.41) is 14.7. The number of hydrogen-bond donors (Lipinski definition) is 3. The second kappa shape index (κ2) is 7.35. The molecule has 1 aliphatic heterocycles.